The first-order valence-corrected chi connectivity index (χ1v) is 7.69. The van der Waals surface area contributed by atoms with Crippen molar-refractivity contribution in [2.75, 3.05) is 18.1 Å². The zero-order valence-electron chi connectivity index (χ0n) is 10.4. The standard InChI is InChI=1S/C10H20N4O2S/c1-3-6-17(15,16)7-5-11-8-10-13-12-9-14(10)4-2/h9,11H,3-8H2,1-2H3. The lowest BCUT2D eigenvalue weighted by Crippen LogP contribution is -2.25. The first-order chi connectivity index (χ1) is 8.09. The van der Waals surface area contributed by atoms with E-state index in [4.69, 9.17) is 0 Å². The molecule has 1 N–H and O–H groups in total. The van der Waals surface area contributed by atoms with E-state index in [-0.39, 0.29) is 11.5 Å². The summed E-state index contributed by atoms with van der Waals surface area (Å²) in [6, 6.07) is 0. The van der Waals surface area contributed by atoms with Gasteiger partial charge >= 0.3 is 0 Å². The Hall–Kier alpha value is -0.950. The molecule has 0 radical (unpaired) electrons. The van der Waals surface area contributed by atoms with Gasteiger partial charge in [-0.3, -0.25) is 0 Å². The second-order valence-corrected chi connectivity index (χ2v) is 6.17. The second-order valence-electron chi connectivity index (χ2n) is 3.86. The van der Waals surface area contributed by atoms with Crippen LogP contribution in [0, 0.1) is 0 Å². The number of rotatable bonds is 8. The molecule has 1 heterocycles. The van der Waals surface area contributed by atoms with Crippen molar-refractivity contribution in [3.8, 4) is 0 Å². The van der Waals surface area contributed by atoms with Crippen LogP contribution in [0.15, 0.2) is 6.33 Å². The number of sulfone groups is 1. The van der Waals surface area contributed by atoms with Crippen LogP contribution < -0.4 is 5.32 Å². The highest BCUT2D eigenvalue weighted by atomic mass is 32.2. The molecule has 98 valence electrons. The average Bonchev–Trinajstić information content (AvgIpc) is 2.71. The summed E-state index contributed by atoms with van der Waals surface area (Å²) in [7, 11) is -2.89. The van der Waals surface area contributed by atoms with Gasteiger partial charge in [0.05, 0.1) is 12.3 Å². The Bertz CT molecular complexity index is 427. The molecular weight excluding hydrogens is 240 g/mol. The Morgan fingerprint density at radius 2 is 2.12 bits per heavy atom. The summed E-state index contributed by atoms with van der Waals surface area (Å²) in [5, 5.41) is 10.8. The highest BCUT2D eigenvalue weighted by molar-refractivity contribution is 7.91. The summed E-state index contributed by atoms with van der Waals surface area (Å²) in [6.45, 7) is 5.71. The summed E-state index contributed by atoms with van der Waals surface area (Å²) in [5.41, 5.74) is 0. The number of nitrogens with zero attached hydrogens (tertiary/aromatic N) is 3. The zero-order valence-corrected chi connectivity index (χ0v) is 11.2. The van der Waals surface area contributed by atoms with E-state index >= 15 is 0 Å². The van der Waals surface area contributed by atoms with Crippen LogP contribution in [0.2, 0.25) is 0 Å². The molecule has 6 nitrogen and oxygen atoms in total. The minimum absolute atomic E-state index is 0.182. The third-order valence-electron chi connectivity index (χ3n) is 2.42. The highest BCUT2D eigenvalue weighted by Gasteiger charge is 2.08. The molecule has 0 bridgehead atoms. The molecule has 1 aromatic rings. The van der Waals surface area contributed by atoms with Gasteiger partial charge in [-0.1, -0.05) is 6.92 Å². The molecule has 0 aliphatic heterocycles. The molecule has 0 unspecified atom stereocenters. The molecule has 0 fully saturated rings. The molecule has 0 aromatic carbocycles. The molecule has 0 atom stereocenters. The van der Waals surface area contributed by atoms with Crippen molar-refractivity contribution in [2.45, 2.75) is 33.4 Å². The molecular formula is C10H20N4O2S. The smallest absolute Gasteiger partial charge is 0.151 e. The summed E-state index contributed by atoms with van der Waals surface area (Å²) < 4.78 is 24.8. The Morgan fingerprint density at radius 1 is 1.35 bits per heavy atom. The van der Waals surface area contributed by atoms with Crippen molar-refractivity contribution in [3.05, 3.63) is 12.2 Å². The van der Waals surface area contributed by atoms with Crippen LogP contribution in [0.25, 0.3) is 0 Å². The third kappa shape index (κ3) is 4.82. The maximum atomic E-state index is 11.4. The maximum absolute atomic E-state index is 11.4. The molecule has 0 aliphatic rings. The molecule has 17 heavy (non-hydrogen) atoms. The Labute approximate surface area is 102 Å². The van der Waals surface area contributed by atoms with Crippen molar-refractivity contribution in [1.82, 2.24) is 20.1 Å². The van der Waals surface area contributed by atoms with E-state index in [1.807, 2.05) is 18.4 Å². The molecule has 0 aliphatic carbocycles. The summed E-state index contributed by atoms with van der Waals surface area (Å²) in [4.78, 5) is 0. The van der Waals surface area contributed by atoms with Crippen LogP contribution in [-0.2, 0) is 22.9 Å². The number of nitrogens with one attached hydrogen (secondary N) is 1. The topological polar surface area (TPSA) is 76.9 Å². The Kier molecular flexibility index (Phi) is 5.57. The highest BCUT2D eigenvalue weighted by Crippen LogP contribution is 1.95. The minimum atomic E-state index is -2.89. The number of aromatic nitrogens is 3. The third-order valence-corrected chi connectivity index (χ3v) is 4.28. The fourth-order valence-electron chi connectivity index (χ4n) is 1.52. The van der Waals surface area contributed by atoms with Crippen molar-refractivity contribution in [2.24, 2.45) is 0 Å². The predicted molar refractivity (Wildman–Crippen MR) is 66.3 cm³/mol. The first-order valence-electron chi connectivity index (χ1n) is 5.87. The molecule has 7 heteroatoms. The normalized spacial score (nSPS) is 11.9. The van der Waals surface area contributed by atoms with Gasteiger partial charge in [0, 0.05) is 18.8 Å². The van der Waals surface area contributed by atoms with Gasteiger partial charge in [-0.25, -0.2) is 8.42 Å². The monoisotopic (exact) mass is 260 g/mol. The van der Waals surface area contributed by atoms with Crippen LogP contribution in [0.1, 0.15) is 26.1 Å². The lowest BCUT2D eigenvalue weighted by Gasteiger charge is -2.06. The van der Waals surface area contributed by atoms with Crippen molar-refractivity contribution < 1.29 is 8.42 Å². The van der Waals surface area contributed by atoms with Gasteiger partial charge < -0.3 is 9.88 Å². The Balaban J connectivity index is 2.29. The summed E-state index contributed by atoms with van der Waals surface area (Å²) in [5.74, 6) is 1.28. The summed E-state index contributed by atoms with van der Waals surface area (Å²) in [6.07, 6.45) is 2.34. The lowest BCUT2D eigenvalue weighted by molar-refractivity contribution is 0.584. The van der Waals surface area contributed by atoms with Gasteiger partial charge in [-0.2, -0.15) is 0 Å². The minimum Gasteiger partial charge on any atom is -0.317 e. The van der Waals surface area contributed by atoms with E-state index < -0.39 is 9.84 Å². The van der Waals surface area contributed by atoms with Gasteiger partial charge in [-0.15, -0.1) is 10.2 Å². The quantitative estimate of drug-likeness (QED) is 0.676. The fourth-order valence-corrected chi connectivity index (χ4v) is 2.80. The first kappa shape index (κ1) is 14.1. The SMILES string of the molecule is CCCS(=O)(=O)CCNCc1nncn1CC. The molecule has 1 aromatic heterocycles. The van der Waals surface area contributed by atoms with Crippen molar-refractivity contribution in [1.29, 1.82) is 0 Å². The number of hydrogen-bond donors (Lipinski definition) is 1. The number of hydrogen-bond acceptors (Lipinski definition) is 5. The van der Waals surface area contributed by atoms with Crippen LogP contribution in [0.3, 0.4) is 0 Å². The maximum Gasteiger partial charge on any atom is 0.151 e. The average molecular weight is 260 g/mol. The molecule has 0 amide bonds. The predicted octanol–water partition coefficient (Wildman–Crippen LogP) is 0.212. The van der Waals surface area contributed by atoms with E-state index in [2.05, 4.69) is 15.5 Å². The van der Waals surface area contributed by atoms with Crippen molar-refractivity contribution >= 4 is 9.84 Å². The lowest BCUT2D eigenvalue weighted by atomic mass is 10.5. The van der Waals surface area contributed by atoms with Gasteiger partial charge in [0.2, 0.25) is 0 Å². The van der Waals surface area contributed by atoms with Gasteiger partial charge in [0.1, 0.15) is 12.2 Å². The zero-order chi connectivity index (χ0) is 12.7. The Morgan fingerprint density at radius 3 is 2.76 bits per heavy atom. The summed E-state index contributed by atoms with van der Waals surface area (Å²) >= 11 is 0. The van der Waals surface area contributed by atoms with Gasteiger partial charge in [-0.05, 0) is 13.3 Å². The largest absolute Gasteiger partial charge is 0.317 e. The second kappa shape index (κ2) is 6.70. The molecule has 0 saturated heterocycles. The molecule has 1 rings (SSSR count). The van der Waals surface area contributed by atoms with E-state index in [9.17, 15) is 8.42 Å². The fraction of sp³-hybridized carbons (Fsp3) is 0.800. The van der Waals surface area contributed by atoms with Crippen LogP contribution >= 0.6 is 0 Å². The van der Waals surface area contributed by atoms with Gasteiger partial charge in [0.25, 0.3) is 0 Å². The van der Waals surface area contributed by atoms with E-state index in [0.717, 1.165) is 12.4 Å². The van der Waals surface area contributed by atoms with Crippen LogP contribution in [0.5, 0.6) is 0 Å². The van der Waals surface area contributed by atoms with E-state index in [1.165, 1.54) is 0 Å². The van der Waals surface area contributed by atoms with E-state index in [1.54, 1.807) is 6.33 Å². The number of aryl methyl sites for hydroxylation is 1. The van der Waals surface area contributed by atoms with Gasteiger partial charge in [0.15, 0.2) is 9.84 Å². The van der Waals surface area contributed by atoms with E-state index in [0.29, 0.717) is 19.5 Å². The van der Waals surface area contributed by atoms with Crippen LogP contribution in [-0.4, -0.2) is 41.2 Å². The van der Waals surface area contributed by atoms with Crippen LogP contribution in [0.4, 0.5) is 0 Å². The van der Waals surface area contributed by atoms with Crippen molar-refractivity contribution in [3.63, 3.8) is 0 Å². The molecule has 0 spiro atoms. The molecule has 0 saturated carbocycles.